The van der Waals surface area contributed by atoms with Crippen molar-refractivity contribution in [3.05, 3.63) is 88.0 Å². The molecule has 1 amide bonds. The SMILES string of the molecule is COC(=O)[C@H]1[C@H](N(Cc2ccccc2)C(C(=O)NC2CCCCC2)c2ccc([N+](=O)[O-])cc2)[C@@H]2C=C[C@H]1O2. The first-order chi connectivity index (χ1) is 18.5. The van der Waals surface area contributed by atoms with Gasteiger partial charge in [0.05, 0.1) is 30.3 Å². The summed E-state index contributed by atoms with van der Waals surface area (Å²) in [6.07, 6.45) is 8.13. The maximum atomic E-state index is 14.1. The van der Waals surface area contributed by atoms with E-state index in [1.165, 1.54) is 19.2 Å². The summed E-state index contributed by atoms with van der Waals surface area (Å²) in [5.41, 5.74) is 1.55. The van der Waals surface area contributed by atoms with Gasteiger partial charge in [-0.2, -0.15) is 0 Å². The second-order valence-corrected chi connectivity index (χ2v) is 10.2. The lowest BCUT2D eigenvalue weighted by molar-refractivity contribution is -0.384. The zero-order valence-corrected chi connectivity index (χ0v) is 21.4. The second-order valence-electron chi connectivity index (χ2n) is 10.2. The van der Waals surface area contributed by atoms with Crippen molar-refractivity contribution in [3.8, 4) is 0 Å². The lowest BCUT2D eigenvalue weighted by atomic mass is 9.85. The molecular formula is C29H33N3O6. The third kappa shape index (κ3) is 5.35. The van der Waals surface area contributed by atoms with Gasteiger partial charge in [-0.3, -0.25) is 24.6 Å². The number of amides is 1. The minimum absolute atomic E-state index is 0.0478. The highest BCUT2D eigenvalue weighted by molar-refractivity contribution is 5.84. The number of hydrogen-bond acceptors (Lipinski definition) is 7. The molecule has 9 heteroatoms. The van der Waals surface area contributed by atoms with Crippen molar-refractivity contribution in [2.75, 3.05) is 7.11 Å². The van der Waals surface area contributed by atoms with E-state index in [1.807, 2.05) is 47.4 Å². The van der Waals surface area contributed by atoms with E-state index in [0.29, 0.717) is 12.1 Å². The van der Waals surface area contributed by atoms with Crippen LogP contribution in [0.15, 0.2) is 66.7 Å². The van der Waals surface area contributed by atoms with Crippen molar-refractivity contribution >= 4 is 17.6 Å². The Bertz CT molecular complexity index is 1180. The van der Waals surface area contributed by atoms with Gasteiger partial charge in [0.15, 0.2) is 0 Å². The van der Waals surface area contributed by atoms with Crippen LogP contribution in [0, 0.1) is 16.0 Å². The Morgan fingerprint density at radius 1 is 1.05 bits per heavy atom. The number of carbonyl (C=O) groups is 2. The Morgan fingerprint density at radius 2 is 1.74 bits per heavy atom. The van der Waals surface area contributed by atoms with Crippen LogP contribution >= 0.6 is 0 Å². The number of nitro groups is 1. The van der Waals surface area contributed by atoms with Crippen LogP contribution in [0.4, 0.5) is 5.69 Å². The molecule has 2 aromatic carbocycles. The molecule has 1 saturated carbocycles. The summed E-state index contributed by atoms with van der Waals surface area (Å²) in [5, 5.41) is 14.6. The first-order valence-corrected chi connectivity index (χ1v) is 13.2. The number of esters is 1. The van der Waals surface area contributed by atoms with Gasteiger partial charge < -0.3 is 14.8 Å². The second kappa shape index (κ2) is 11.4. The van der Waals surface area contributed by atoms with Gasteiger partial charge in [0.25, 0.3) is 5.69 Å². The van der Waals surface area contributed by atoms with Gasteiger partial charge in [0.2, 0.25) is 5.91 Å². The first kappa shape index (κ1) is 26.1. The van der Waals surface area contributed by atoms with Crippen molar-refractivity contribution in [2.24, 2.45) is 5.92 Å². The molecule has 2 aromatic rings. The molecule has 200 valence electrons. The number of carbonyl (C=O) groups excluding carboxylic acids is 2. The Labute approximate surface area is 221 Å². The van der Waals surface area contributed by atoms with Crippen LogP contribution in [0.5, 0.6) is 0 Å². The lowest BCUT2D eigenvalue weighted by Crippen LogP contribution is -2.54. The van der Waals surface area contributed by atoms with E-state index in [2.05, 4.69) is 5.32 Å². The summed E-state index contributed by atoms with van der Waals surface area (Å²) in [4.78, 5) is 40.0. The third-order valence-electron chi connectivity index (χ3n) is 7.88. The molecule has 38 heavy (non-hydrogen) atoms. The molecule has 1 aliphatic carbocycles. The summed E-state index contributed by atoms with van der Waals surface area (Å²) >= 11 is 0. The Kier molecular flexibility index (Phi) is 7.85. The summed E-state index contributed by atoms with van der Waals surface area (Å²) < 4.78 is 11.3. The first-order valence-electron chi connectivity index (χ1n) is 13.2. The van der Waals surface area contributed by atoms with Crippen molar-refractivity contribution in [3.63, 3.8) is 0 Å². The predicted octanol–water partition coefficient (Wildman–Crippen LogP) is 4.08. The van der Waals surface area contributed by atoms with Gasteiger partial charge in [-0.15, -0.1) is 0 Å². The molecule has 1 N–H and O–H groups in total. The molecule has 9 nitrogen and oxygen atoms in total. The lowest BCUT2D eigenvalue weighted by Gasteiger charge is -2.40. The molecule has 2 aliphatic heterocycles. The topological polar surface area (TPSA) is 111 Å². The number of methoxy groups -OCH3 is 1. The number of rotatable bonds is 9. The Morgan fingerprint density at radius 3 is 2.39 bits per heavy atom. The van der Waals surface area contributed by atoms with Crippen LogP contribution in [0.1, 0.15) is 49.3 Å². The van der Waals surface area contributed by atoms with E-state index in [1.54, 1.807) is 12.1 Å². The van der Waals surface area contributed by atoms with Crippen LogP contribution < -0.4 is 5.32 Å². The summed E-state index contributed by atoms with van der Waals surface area (Å²) in [6.45, 7) is 0.374. The van der Waals surface area contributed by atoms with E-state index in [0.717, 1.165) is 37.7 Å². The molecule has 5 rings (SSSR count). The highest BCUT2D eigenvalue weighted by Gasteiger charge is 2.54. The fraction of sp³-hybridized carbons (Fsp3) is 0.448. The summed E-state index contributed by atoms with van der Waals surface area (Å²) in [6, 6.07) is 14.7. The van der Waals surface area contributed by atoms with Gasteiger partial charge in [0.1, 0.15) is 12.0 Å². The van der Waals surface area contributed by atoms with Crippen molar-refractivity contribution in [1.82, 2.24) is 10.2 Å². The molecule has 5 atom stereocenters. The molecule has 1 saturated heterocycles. The molecule has 0 spiro atoms. The molecule has 1 unspecified atom stereocenters. The molecule has 0 radical (unpaired) electrons. The fourth-order valence-corrected chi connectivity index (χ4v) is 6.06. The number of fused-ring (bicyclic) bond motifs is 2. The molecule has 3 aliphatic rings. The van der Waals surface area contributed by atoms with E-state index in [4.69, 9.17) is 9.47 Å². The van der Waals surface area contributed by atoms with Crippen molar-refractivity contribution in [2.45, 2.75) is 69.0 Å². The van der Waals surface area contributed by atoms with Gasteiger partial charge in [-0.1, -0.05) is 73.9 Å². The summed E-state index contributed by atoms with van der Waals surface area (Å²) in [5.74, 6) is -1.18. The van der Waals surface area contributed by atoms with Crippen LogP contribution in [-0.4, -0.2) is 53.1 Å². The van der Waals surface area contributed by atoms with Crippen LogP contribution in [-0.2, 0) is 25.6 Å². The molecular weight excluding hydrogens is 486 g/mol. The number of nitrogens with one attached hydrogen (secondary N) is 1. The van der Waals surface area contributed by atoms with Gasteiger partial charge in [-0.25, -0.2) is 0 Å². The van der Waals surface area contributed by atoms with E-state index in [-0.39, 0.29) is 23.6 Å². The van der Waals surface area contributed by atoms with Crippen LogP contribution in [0.3, 0.4) is 0 Å². The van der Waals surface area contributed by atoms with Gasteiger partial charge in [-0.05, 0) is 24.0 Å². The largest absolute Gasteiger partial charge is 0.469 e. The Balaban J connectivity index is 1.57. The highest BCUT2D eigenvalue weighted by atomic mass is 16.6. The Hall–Kier alpha value is -3.56. The van der Waals surface area contributed by atoms with Crippen LogP contribution in [0.25, 0.3) is 0 Å². The highest BCUT2D eigenvalue weighted by Crippen LogP contribution is 2.42. The standard InChI is InChI=1S/C29H33N3O6/c1-37-29(34)25-23-16-17-24(38-23)27(25)31(18-19-8-4-2-5-9-19)26(20-12-14-22(15-13-20)32(35)36)28(33)30-21-10-6-3-7-11-21/h2,4-5,8-9,12-17,21,23-27H,3,6-7,10-11,18H2,1H3,(H,30,33)/t23-,24+,25-,26?,27-/m1/s1. The van der Waals surface area contributed by atoms with E-state index >= 15 is 0 Å². The molecule has 2 fully saturated rings. The maximum Gasteiger partial charge on any atom is 0.313 e. The number of hydrogen-bond donors (Lipinski definition) is 1. The predicted molar refractivity (Wildman–Crippen MR) is 140 cm³/mol. The zero-order valence-electron chi connectivity index (χ0n) is 21.4. The molecule has 2 heterocycles. The monoisotopic (exact) mass is 519 g/mol. The zero-order chi connectivity index (χ0) is 26.6. The van der Waals surface area contributed by atoms with Crippen molar-refractivity contribution < 1.29 is 24.0 Å². The third-order valence-corrected chi connectivity index (χ3v) is 7.88. The number of non-ortho nitro benzene ring substituents is 1. The average Bonchev–Trinajstić information content (AvgIpc) is 3.56. The normalized spacial score (nSPS) is 25.3. The van der Waals surface area contributed by atoms with Gasteiger partial charge >= 0.3 is 5.97 Å². The van der Waals surface area contributed by atoms with Gasteiger partial charge in [0, 0.05) is 24.7 Å². The average molecular weight is 520 g/mol. The molecule has 0 aromatic heterocycles. The number of benzene rings is 2. The van der Waals surface area contributed by atoms with E-state index in [9.17, 15) is 19.7 Å². The number of nitrogens with zero attached hydrogens (tertiary/aromatic N) is 2. The fourth-order valence-electron chi connectivity index (χ4n) is 6.06. The molecule has 2 bridgehead atoms. The van der Waals surface area contributed by atoms with Crippen LogP contribution in [0.2, 0.25) is 0 Å². The minimum atomic E-state index is -0.800. The van der Waals surface area contributed by atoms with E-state index < -0.39 is 35.1 Å². The smallest absolute Gasteiger partial charge is 0.313 e. The number of ether oxygens (including phenoxy) is 2. The minimum Gasteiger partial charge on any atom is -0.469 e. The maximum absolute atomic E-state index is 14.1. The summed E-state index contributed by atoms with van der Waals surface area (Å²) in [7, 11) is 1.36. The van der Waals surface area contributed by atoms with Crippen molar-refractivity contribution in [1.29, 1.82) is 0 Å². The quantitative estimate of drug-likeness (QED) is 0.230. The number of nitro benzene ring substituents is 1.